The van der Waals surface area contributed by atoms with Crippen molar-refractivity contribution in [1.29, 1.82) is 0 Å². The van der Waals surface area contributed by atoms with E-state index in [2.05, 4.69) is 9.47 Å². The number of esters is 2. The second-order valence-electron chi connectivity index (χ2n) is 4.72. The van der Waals surface area contributed by atoms with E-state index in [1.54, 1.807) is 0 Å². The molecule has 6 atom stereocenters. The number of aliphatic hydroxyl groups is 2. The first-order chi connectivity index (χ1) is 9.37. The summed E-state index contributed by atoms with van der Waals surface area (Å²) < 4.78 is 19.6. The maximum atomic E-state index is 11.9. The number of aliphatic hydroxyl groups excluding tert-OH is 2. The minimum atomic E-state index is -1.97. The summed E-state index contributed by atoms with van der Waals surface area (Å²) in [5.41, 5.74) is -1.97. The van der Waals surface area contributed by atoms with Crippen LogP contribution in [0.15, 0.2) is 0 Å². The largest absolute Gasteiger partial charge is 0.467 e. The molecule has 2 aliphatic heterocycles. The van der Waals surface area contributed by atoms with Crippen molar-refractivity contribution in [3.8, 4) is 0 Å². The molecule has 2 heterocycles. The number of hydrogen-bond donors (Lipinski definition) is 2. The Labute approximate surface area is 115 Å². The van der Waals surface area contributed by atoms with Crippen molar-refractivity contribution in [2.24, 2.45) is 0 Å². The maximum absolute atomic E-state index is 11.9. The first-order valence-corrected chi connectivity index (χ1v) is 5.98. The molecule has 2 fully saturated rings. The molecule has 0 aromatic carbocycles. The van der Waals surface area contributed by atoms with Crippen molar-refractivity contribution in [2.75, 3.05) is 14.2 Å². The molecule has 2 aliphatic rings. The van der Waals surface area contributed by atoms with E-state index in [-0.39, 0.29) is 6.42 Å². The predicted molar refractivity (Wildman–Crippen MR) is 61.2 cm³/mol. The molecule has 2 saturated heterocycles. The van der Waals surface area contributed by atoms with Gasteiger partial charge in [-0.25, -0.2) is 9.59 Å². The highest BCUT2D eigenvalue weighted by atomic mass is 16.6. The van der Waals surface area contributed by atoms with E-state index in [0.717, 1.165) is 14.2 Å². The Morgan fingerprint density at radius 2 is 2.05 bits per heavy atom. The van der Waals surface area contributed by atoms with Gasteiger partial charge in [0.2, 0.25) is 5.60 Å². The molecule has 0 bridgehead atoms. The van der Waals surface area contributed by atoms with Crippen molar-refractivity contribution in [3.63, 3.8) is 0 Å². The highest BCUT2D eigenvalue weighted by Crippen LogP contribution is 2.42. The second-order valence-corrected chi connectivity index (χ2v) is 4.72. The van der Waals surface area contributed by atoms with Gasteiger partial charge in [-0.15, -0.1) is 0 Å². The van der Waals surface area contributed by atoms with Gasteiger partial charge in [-0.1, -0.05) is 0 Å². The number of rotatable bonds is 3. The number of methoxy groups -OCH3 is 2. The molecular formula is C12H16O8. The van der Waals surface area contributed by atoms with Gasteiger partial charge < -0.3 is 29.2 Å². The van der Waals surface area contributed by atoms with Crippen LogP contribution >= 0.6 is 0 Å². The van der Waals surface area contributed by atoms with Crippen LogP contribution in [-0.2, 0) is 28.5 Å². The fourth-order valence-corrected chi connectivity index (χ4v) is 2.56. The average Bonchev–Trinajstić information content (AvgIpc) is 2.94. The molecule has 0 spiro atoms. The summed E-state index contributed by atoms with van der Waals surface area (Å²) in [6.07, 6.45) is -5.84. The van der Waals surface area contributed by atoms with Gasteiger partial charge in [0.25, 0.3) is 0 Å². The topological polar surface area (TPSA) is 112 Å². The summed E-state index contributed by atoms with van der Waals surface area (Å²) in [6, 6.07) is 0. The van der Waals surface area contributed by atoms with E-state index < -0.39 is 48.1 Å². The Balaban J connectivity index is 2.29. The highest BCUT2D eigenvalue weighted by Gasteiger charge is 2.64. The van der Waals surface area contributed by atoms with Gasteiger partial charge in [-0.05, 0) is 6.92 Å². The third kappa shape index (κ3) is 2.08. The van der Waals surface area contributed by atoms with Crippen LogP contribution in [0.3, 0.4) is 0 Å². The molecule has 2 N–H and O–H groups in total. The molecule has 2 rings (SSSR count). The zero-order chi connectivity index (χ0) is 15.1. The van der Waals surface area contributed by atoms with Crippen LogP contribution in [0.2, 0.25) is 0 Å². The fourth-order valence-electron chi connectivity index (χ4n) is 2.56. The molecule has 8 nitrogen and oxygen atoms in total. The molecule has 20 heavy (non-hydrogen) atoms. The molecule has 2 unspecified atom stereocenters. The molecule has 112 valence electrons. The lowest BCUT2D eigenvalue weighted by atomic mass is 9.91. The third-order valence-corrected chi connectivity index (χ3v) is 3.62. The van der Waals surface area contributed by atoms with Crippen LogP contribution in [0.25, 0.3) is 0 Å². The number of hydrogen-bond acceptors (Lipinski definition) is 8. The maximum Gasteiger partial charge on any atom is 0.341 e. The molecule has 2 radical (unpaired) electrons. The summed E-state index contributed by atoms with van der Waals surface area (Å²) in [7, 11) is 2.15. The summed E-state index contributed by atoms with van der Waals surface area (Å²) in [5, 5.41) is 19.8. The molecular weight excluding hydrogens is 272 g/mol. The van der Waals surface area contributed by atoms with Crippen LogP contribution in [0.5, 0.6) is 0 Å². The van der Waals surface area contributed by atoms with E-state index in [1.165, 1.54) is 0 Å². The SMILES string of the molecule is [CH][C@@H]1O[C@@H]2CC(C(=O)OC)([C@H](O)C(=O)OC)O[C@@H]2C1O. The zero-order valence-corrected chi connectivity index (χ0v) is 11.0. The average molecular weight is 288 g/mol. The minimum absolute atomic E-state index is 0.175. The van der Waals surface area contributed by atoms with Gasteiger partial charge in [0.05, 0.1) is 26.4 Å². The molecule has 0 aliphatic carbocycles. The quantitative estimate of drug-likeness (QED) is 0.577. The molecule has 8 heteroatoms. The van der Waals surface area contributed by atoms with Gasteiger partial charge in [0.15, 0.2) is 6.10 Å². The van der Waals surface area contributed by atoms with Gasteiger partial charge in [0, 0.05) is 6.42 Å². The lowest BCUT2D eigenvalue weighted by molar-refractivity contribution is -0.198. The normalized spacial score (nSPS) is 41.0. The summed E-state index contributed by atoms with van der Waals surface area (Å²) in [5.74, 6) is -2.00. The van der Waals surface area contributed by atoms with Crippen molar-refractivity contribution in [3.05, 3.63) is 6.92 Å². The van der Waals surface area contributed by atoms with E-state index in [9.17, 15) is 19.8 Å². The number of carbonyl (C=O) groups is 2. The van der Waals surface area contributed by atoms with Crippen molar-refractivity contribution in [2.45, 2.75) is 42.5 Å². The molecule has 0 amide bonds. The van der Waals surface area contributed by atoms with E-state index in [0.29, 0.717) is 0 Å². The lowest BCUT2D eigenvalue weighted by Gasteiger charge is -2.30. The van der Waals surface area contributed by atoms with Crippen LogP contribution in [-0.4, -0.2) is 72.5 Å². The third-order valence-electron chi connectivity index (χ3n) is 3.62. The Morgan fingerprint density at radius 1 is 1.40 bits per heavy atom. The number of carbonyl (C=O) groups excluding carboxylic acids is 2. The highest BCUT2D eigenvalue weighted by molar-refractivity contribution is 5.89. The predicted octanol–water partition coefficient (Wildman–Crippen LogP) is -1.94. The van der Waals surface area contributed by atoms with Gasteiger partial charge in [-0.3, -0.25) is 0 Å². The summed E-state index contributed by atoms with van der Waals surface area (Å²) in [6.45, 7) is 5.51. The molecule has 0 aromatic rings. The monoisotopic (exact) mass is 288 g/mol. The molecule has 0 aromatic heterocycles. The number of fused-ring (bicyclic) bond motifs is 1. The lowest BCUT2D eigenvalue weighted by Crippen LogP contribution is -2.55. The van der Waals surface area contributed by atoms with E-state index in [1.807, 2.05) is 0 Å². The van der Waals surface area contributed by atoms with Gasteiger partial charge >= 0.3 is 11.9 Å². The molecule has 0 saturated carbocycles. The second kappa shape index (κ2) is 5.28. The standard InChI is InChI=1S/C12H16O8/c1-5-7(13)8-6(19-5)4-12(20-8,11(16)18-3)9(14)10(15)17-2/h1,5-9,13-14H,4H2,2-3H3/t5-,6+,7?,8-,9+,12?/m0/s1. The van der Waals surface area contributed by atoms with Crippen LogP contribution in [0, 0.1) is 6.92 Å². The smallest absolute Gasteiger partial charge is 0.341 e. The van der Waals surface area contributed by atoms with Crippen LogP contribution < -0.4 is 0 Å². The van der Waals surface area contributed by atoms with E-state index in [4.69, 9.17) is 16.4 Å². The van der Waals surface area contributed by atoms with Crippen molar-refractivity contribution in [1.82, 2.24) is 0 Å². The Hall–Kier alpha value is -1.22. The summed E-state index contributed by atoms with van der Waals surface area (Å²) >= 11 is 0. The summed E-state index contributed by atoms with van der Waals surface area (Å²) in [4.78, 5) is 23.4. The zero-order valence-electron chi connectivity index (χ0n) is 11.0. The van der Waals surface area contributed by atoms with Gasteiger partial charge in [0.1, 0.15) is 12.2 Å². The van der Waals surface area contributed by atoms with Gasteiger partial charge in [-0.2, -0.15) is 0 Å². The van der Waals surface area contributed by atoms with Crippen molar-refractivity contribution < 1.29 is 38.7 Å². The Bertz CT molecular complexity index is 410. The first kappa shape index (κ1) is 15.2. The van der Waals surface area contributed by atoms with Crippen LogP contribution in [0.4, 0.5) is 0 Å². The minimum Gasteiger partial charge on any atom is -0.467 e. The first-order valence-electron chi connectivity index (χ1n) is 5.98. The fraction of sp³-hybridized carbons (Fsp3) is 0.750. The Kier molecular flexibility index (Phi) is 4.01. The number of ether oxygens (including phenoxy) is 4. The Morgan fingerprint density at radius 3 is 2.55 bits per heavy atom. The van der Waals surface area contributed by atoms with E-state index >= 15 is 0 Å². The van der Waals surface area contributed by atoms with Crippen molar-refractivity contribution >= 4 is 11.9 Å². The van der Waals surface area contributed by atoms with Crippen LogP contribution in [0.1, 0.15) is 6.42 Å².